The Morgan fingerprint density at radius 2 is 1.88 bits per heavy atom. The molecule has 1 heterocycles. The van der Waals surface area contributed by atoms with E-state index in [0.29, 0.717) is 12.0 Å². The van der Waals surface area contributed by atoms with E-state index < -0.39 is 0 Å². The van der Waals surface area contributed by atoms with Crippen molar-refractivity contribution in [3.63, 3.8) is 0 Å². The van der Waals surface area contributed by atoms with Crippen LogP contribution in [0.4, 0.5) is 5.69 Å². The zero-order chi connectivity index (χ0) is 12.4. The molecule has 0 aliphatic heterocycles. The second-order valence-corrected chi connectivity index (χ2v) is 5.09. The van der Waals surface area contributed by atoms with Gasteiger partial charge >= 0.3 is 0 Å². The van der Waals surface area contributed by atoms with Gasteiger partial charge in [-0.2, -0.15) is 0 Å². The maximum Gasteiger partial charge on any atom is 0.0725 e. The first-order chi connectivity index (χ1) is 8.08. The van der Waals surface area contributed by atoms with E-state index in [2.05, 4.69) is 56.2 Å². The fraction of sp³-hybridized carbons (Fsp3) is 0.400. The molecule has 0 atom stereocenters. The van der Waals surface area contributed by atoms with Gasteiger partial charge in [0.1, 0.15) is 0 Å². The van der Waals surface area contributed by atoms with Gasteiger partial charge in [0.15, 0.2) is 0 Å². The Morgan fingerprint density at radius 3 is 2.53 bits per heavy atom. The van der Waals surface area contributed by atoms with Gasteiger partial charge in [0.2, 0.25) is 0 Å². The van der Waals surface area contributed by atoms with E-state index in [1.807, 2.05) is 12.3 Å². The van der Waals surface area contributed by atoms with E-state index in [0.717, 1.165) is 5.52 Å². The number of rotatable bonds is 3. The zero-order valence-electron chi connectivity index (χ0n) is 11.0. The number of anilines is 1. The normalized spacial score (nSPS) is 11.4. The molecule has 1 aromatic carbocycles. The number of pyridine rings is 1. The number of nitrogens with one attached hydrogen (secondary N) is 1. The van der Waals surface area contributed by atoms with E-state index in [1.165, 1.54) is 16.6 Å². The summed E-state index contributed by atoms with van der Waals surface area (Å²) in [7, 11) is 0. The molecule has 1 aromatic heterocycles. The summed E-state index contributed by atoms with van der Waals surface area (Å²) in [6.45, 7) is 8.74. The van der Waals surface area contributed by atoms with Crippen LogP contribution in [0.3, 0.4) is 0 Å². The van der Waals surface area contributed by atoms with Crippen molar-refractivity contribution >= 4 is 16.6 Å². The highest BCUT2D eigenvalue weighted by atomic mass is 14.9. The molecule has 0 radical (unpaired) electrons. The highest BCUT2D eigenvalue weighted by Gasteiger charge is 2.07. The van der Waals surface area contributed by atoms with Gasteiger partial charge in [0.25, 0.3) is 0 Å². The lowest BCUT2D eigenvalue weighted by molar-refractivity contribution is 0.863. The summed E-state index contributed by atoms with van der Waals surface area (Å²) in [4.78, 5) is 4.45. The first-order valence-electron chi connectivity index (χ1n) is 6.23. The van der Waals surface area contributed by atoms with Crippen molar-refractivity contribution in [1.29, 1.82) is 0 Å². The summed E-state index contributed by atoms with van der Waals surface area (Å²) in [5.74, 6) is 0.522. The molecule has 0 amide bonds. The number of nitrogens with zero attached hydrogens (tertiary/aromatic N) is 1. The van der Waals surface area contributed by atoms with Crippen LogP contribution in [0.2, 0.25) is 0 Å². The Labute approximate surface area is 103 Å². The van der Waals surface area contributed by atoms with Gasteiger partial charge in [0, 0.05) is 23.3 Å². The summed E-state index contributed by atoms with van der Waals surface area (Å²) in [6, 6.07) is 8.97. The molecule has 90 valence electrons. The molecule has 0 aliphatic carbocycles. The standard InChI is InChI=1S/C15H20N2/c1-10(2)12-8-14-13(6-5-7-16-14)15(9-12)17-11(3)4/h5-11,17H,1-4H3. The van der Waals surface area contributed by atoms with Crippen molar-refractivity contribution < 1.29 is 0 Å². The highest BCUT2D eigenvalue weighted by Crippen LogP contribution is 2.28. The molecule has 2 heteroatoms. The molecule has 0 saturated carbocycles. The van der Waals surface area contributed by atoms with Crippen LogP contribution < -0.4 is 5.32 Å². The van der Waals surface area contributed by atoms with Crippen molar-refractivity contribution in [3.05, 3.63) is 36.0 Å². The van der Waals surface area contributed by atoms with Crippen LogP contribution in [-0.2, 0) is 0 Å². The summed E-state index contributed by atoms with van der Waals surface area (Å²) >= 11 is 0. The molecule has 0 fully saturated rings. The van der Waals surface area contributed by atoms with Gasteiger partial charge in [0.05, 0.1) is 5.52 Å². The predicted octanol–water partition coefficient (Wildman–Crippen LogP) is 4.18. The average molecular weight is 228 g/mol. The molecular formula is C15H20N2. The molecule has 0 unspecified atom stereocenters. The van der Waals surface area contributed by atoms with Crippen molar-refractivity contribution in [2.24, 2.45) is 0 Å². The van der Waals surface area contributed by atoms with E-state index in [9.17, 15) is 0 Å². The Balaban J connectivity index is 2.60. The third-order valence-corrected chi connectivity index (χ3v) is 2.85. The van der Waals surface area contributed by atoms with Crippen LogP contribution in [0.5, 0.6) is 0 Å². The van der Waals surface area contributed by atoms with Crippen LogP contribution >= 0.6 is 0 Å². The predicted molar refractivity (Wildman–Crippen MR) is 74.6 cm³/mol. The summed E-state index contributed by atoms with van der Waals surface area (Å²) in [5.41, 5.74) is 3.59. The van der Waals surface area contributed by atoms with Gasteiger partial charge in [-0.1, -0.05) is 13.8 Å². The monoisotopic (exact) mass is 228 g/mol. The third kappa shape index (κ3) is 2.57. The topological polar surface area (TPSA) is 24.9 Å². The van der Waals surface area contributed by atoms with Gasteiger partial charge in [-0.05, 0) is 49.6 Å². The molecule has 0 bridgehead atoms. The van der Waals surface area contributed by atoms with Gasteiger partial charge < -0.3 is 5.32 Å². The van der Waals surface area contributed by atoms with Crippen molar-refractivity contribution in [1.82, 2.24) is 4.98 Å². The minimum Gasteiger partial charge on any atom is -0.382 e. The second-order valence-electron chi connectivity index (χ2n) is 5.09. The Morgan fingerprint density at radius 1 is 1.12 bits per heavy atom. The highest BCUT2D eigenvalue weighted by molar-refractivity contribution is 5.92. The molecule has 2 nitrogen and oxygen atoms in total. The third-order valence-electron chi connectivity index (χ3n) is 2.85. The summed E-state index contributed by atoms with van der Waals surface area (Å²) in [5, 5.41) is 4.70. The number of benzene rings is 1. The van der Waals surface area contributed by atoms with E-state index in [1.54, 1.807) is 0 Å². The van der Waals surface area contributed by atoms with Crippen LogP contribution in [-0.4, -0.2) is 11.0 Å². The minimum absolute atomic E-state index is 0.431. The van der Waals surface area contributed by atoms with Gasteiger partial charge in [-0.3, -0.25) is 4.98 Å². The summed E-state index contributed by atoms with van der Waals surface area (Å²) < 4.78 is 0. The van der Waals surface area contributed by atoms with Crippen LogP contribution in [0, 0.1) is 0 Å². The van der Waals surface area contributed by atoms with Crippen molar-refractivity contribution in [2.45, 2.75) is 39.7 Å². The number of hydrogen-bond donors (Lipinski definition) is 1. The molecule has 2 aromatic rings. The largest absolute Gasteiger partial charge is 0.382 e. The maximum atomic E-state index is 4.45. The Bertz CT molecular complexity index is 515. The second kappa shape index (κ2) is 4.74. The first-order valence-corrected chi connectivity index (χ1v) is 6.23. The lowest BCUT2D eigenvalue weighted by Gasteiger charge is -2.15. The van der Waals surface area contributed by atoms with E-state index >= 15 is 0 Å². The molecule has 0 saturated heterocycles. The Hall–Kier alpha value is -1.57. The minimum atomic E-state index is 0.431. The van der Waals surface area contributed by atoms with Crippen molar-refractivity contribution in [2.75, 3.05) is 5.32 Å². The lowest BCUT2D eigenvalue weighted by atomic mass is 10.00. The molecule has 0 aliphatic rings. The quantitative estimate of drug-likeness (QED) is 0.852. The van der Waals surface area contributed by atoms with Crippen LogP contribution in [0.25, 0.3) is 10.9 Å². The van der Waals surface area contributed by atoms with Crippen LogP contribution in [0.1, 0.15) is 39.2 Å². The molecule has 17 heavy (non-hydrogen) atoms. The number of aromatic nitrogens is 1. The Kier molecular flexibility index (Phi) is 3.32. The van der Waals surface area contributed by atoms with Crippen molar-refractivity contribution in [3.8, 4) is 0 Å². The average Bonchev–Trinajstić information content (AvgIpc) is 2.28. The SMILES string of the molecule is CC(C)Nc1cc(C(C)C)cc2ncccc12. The fourth-order valence-electron chi connectivity index (χ4n) is 1.97. The lowest BCUT2D eigenvalue weighted by Crippen LogP contribution is -2.10. The van der Waals surface area contributed by atoms with Gasteiger partial charge in [-0.25, -0.2) is 0 Å². The maximum absolute atomic E-state index is 4.45. The fourth-order valence-corrected chi connectivity index (χ4v) is 1.97. The molecular weight excluding hydrogens is 208 g/mol. The first kappa shape index (κ1) is 11.9. The van der Waals surface area contributed by atoms with Gasteiger partial charge in [-0.15, -0.1) is 0 Å². The molecule has 2 rings (SSSR count). The molecule has 1 N–H and O–H groups in total. The number of hydrogen-bond acceptors (Lipinski definition) is 2. The summed E-state index contributed by atoms with van der Waals surface area (Å²) in [6.07, 6.45) is 1.85. The van der Waals surface area contributed by atoms with E-state index in [4.69, 9.17) is 0 Å². The smallest absolute Gasteiger partial charge is 0.0725 e. The zero-order valence-corrected chi connectivity index (χ0v) is 11.0. The van der Waals surface area contributed by atoms with Crippen LogP contribution in [0.15, 0.2) is 30.5 Å². The van der Waals surface area contributed by atoms with E-state index in [-0.39, 0.29) is 0 Å². The number of fused-ring (bicyclic) bond motifs is 1. The molecule has 0 spiro atoms.